The average Bonchev–Trinajstić information content (AvgIpc) is 3.51. The summed E-state index contributed by atoms with van der Waals surface area (Å²) in [7, 11) is -4.01. The summed E-state index contributed by atoms with van der Waals surface area (Å²) in [5.41, 5.74) is 1.36. The number of carbonyl (C=O) groups is 1. The number of nitrogens with one attached hydrogen (secondary N) is 2. The minimum absolute atomic E-state index is 0.0436. The normalized spacial score (nSPS) is 13.9. The number of carboxylic acid groups (broad SMARTS) is 1. The Labute approximate surface area is 201 Å². The summed E-state index contributed by atoms with van der Waals surface area (Å²) in [6.45, 7) is 3.31. The molecule has 2 aromatic carbocycles. The van der Waals surface area contributed by atoms with Crippen molar-refractivity contribution in [3.05, 3.63) is 71.8 Å². The molecule has 0 radical (unpaired) electrons. The minimum Gasteiger partial charge on any atom is -0.477 e. The highest BCUT2D eigenvalue weighted by molar-refractivity contribution is 7.92. The van der Waals surface area contributed by atoms with E-state index < -0.39 is 21.8 Å². The van der Waals surface area contributed by atoms with Gasteiger partial charge in [-0.05, 0) is 55.7 Å². The molecule has 2 aromatic heterocycles. The number of anilines is 2. The molecule has 0 unspecified atom stereocenters. The zero-order valence-corrected chi connectivity index (χ0v) is 19.7. The summed E-state index contributed by atoms with van der Waals surface area (Å²) >= 11 is 0. The van der Waals surface area contributed by atoms with Gasteiger partial charge in [-0.1, -0.05) is 18.2 Å². The number of rotatable bonds is 6. The van der Waals surface area contributed by atoms with Crippen molar-refractivity contribution >= 4 is 38.4 Å². The molecule has 0 saturated carbocycles. The predicted molar refractivity (Wildman–Crippen MR) is 132 cm³/mol. The zero-order chi connectivity index (χ0) is 24.7. The van der Waals surface area contributed by atoms with Crippen molar-refractivity contribution in [2.24, 2.45) is 0 Å². The lowest BCUT2D eigenvalue weighted by Gasteiger charge is -2.19. The van der Waals surface area contributed by atoms with Crippen LogP contribution in [0.1, 0.15) is 28.9 Å². The molecule has 180 valence electrons. The number of nitrogens with zero attached hydrogens (tertiary/aromatic N) is 2. The molecule has 3 heterocycles. The number of aryl methyl sites for hydroxylation is 1. The summed E-state index contributed by atoms with van der Waals surface area (Å²) in [6.07, 6.45) is 3.48. The van der Waals surface area contributed by atoms with Crippen LogP contribution in [0, 0.1) is 12.7 Å². The van der Waals surface area contributed by atoms with Gasteiger partial charge in [0, 0.05) is 36.1 Å². The number of halogens is 1. The number of fused-ring (bicyclic) bond motifs is 1. The minimum atomic E-state index is -4.01. The quantitative estimate of drug-likeness (QED) is 0.355. The number of aromatic nitrogens is 2. The van der Waals surface area contributed by atoms with Crippen molar-refractivity contribution in [2.45, 2.75) is 24.7 Å². The van der Waals surface area contributed by atoms with Crippen LogP contribution in [0.3, 0.4) is 0 Å². The number of carboxylic acids is 1. The first-order valence-electron chi connectivity index (χ1n) is 11.1. The monoisotopic (exact) mass is 494 g/mol. The van der Waals surface area contributed by atoms with Gasteiger partial charge in [-0.25, -0.2) is 22.6 Å². The van der Waals surface area contributed by atoms with Crippen molar-refractivity contribution in [3.63, 3.8) is 0 Å². The Bertz CT molecular complexity index is 1540. The molecule has 0 spiro atoms. The molecule has 1 saturated heterocycles. The molecule has 0 amide bonds. The lowest BCUT2D eigenvalue weighted by Crippen LogP contribution is -2.17. The second kappa shape index (κ2) is 8.70. The number of aromatic carboxylic acids is 1. The number of benzene rings is 2. The van der Waals surface area contributed by atoms with Crippen LogP contribution < -0.4 is 9.62 Å². The fourth-order valence-corrected chi connectivity index (χ4v) is 5.65. The molecule has 1 aliphatic heterocycles. The Morgan fingerprint density at radius 2 is 1.86 bits per heavy atom. The van der Waals surface area contributed by atoms with Crippen LogP contribution in [0.4, 0.5) is 15.8 Å². The second-order valence-electron chi connectivity index (χ2n) is 8.50. The van der Waals surface area contributed by atoms with Gasteiger partial charge in [0.05, 0.1) is 16.0 Å². The van der Waals surface area contributed by atoms with E-state index in [1.807, 2.05) is 0 Å². The number of hydrogen-bond donors (Lipinski definition) is 3. The first-order chi connectivity index (χ1) is 16.8. The van der Waals surface area contributed by atoms with Gasteiger partial charge >= 0.3 is 5.97 Å². The van der Waals surface area contributed by atoms with Crippen LogP contribution in [-0.4, -0.2) is 42.6 Å². The molecule has 5 rings (SSSR count). The van der Waals surface area contributed by atoms with Crippen LogP contribution in [0.25, 0.3) is 22.2 Å². The van der Waals surface area contributed by atoms with E-state index in [2.05, 4.69) is 19.6 Å². The Hall–Kier alpha value is -3.92. The van der Waals surface area contributed by atoms with Gasteiger partial charge in [-0.2, -0.15) is 0 Å². The highest BCUT2D eigenvalue weighted by Gasteiger charge is 2.27. The number of aromatic amines is 1. The summed E-state index contributed by atoms with van der Waals surface area (Å²) < 4.78 is 44.1. The third kappa shape index (κ3) is 4.10. The zero-order valence-electron chi connectivity index (χ0n) is 18.9. The van der Waals surface area contributed by atoms with Gasteiger partial charge < -0.3 is 15.0 Å². The maximum absolute atomic E-state index is 15.2. The molecule has 0 atom stereocenters. The molecule has 10 heteroatoms. The molecule has 35 heavy (non-hydrogen) atoms. The molecule has 3 N–H and O–H groups in total. The van der Waals surface area contributed by atoms with E-state index in [1.54, 1.807) is 37.3 Å². The molecule has 8 nitrogen and oxygen atoms in total. The van der Waals surface area contributed by atoms with E-state index in [4.69, 9.17) is 0 Å². The highest BCUT2D eigenvalue weighted by atomic mass is 32.2. The molecular formula is C25H23FN4O4S. The van der Waals surface area contributed by atoms with Crippen LogP contribution in [-0.2, 0) is 10.0 Å². The number of H-pyrrole nitrogens is 1. The van der Waals surface area contributed by atoms with Gasteiger partial charge in [-0.15, -0.1) is 0 Å². The van der Waals surface area contributed by atoms with E-state index in [0.717, 1.165) is 31.6 Å². The highest BCUT2D eigenvalue weighted by Crippen LogP contribution is 2.41. The molecule has 4 aromatic rings. The molecule has 0 aliphatic carbocycles. The first kappa shape index (κ1) is 22.9. The molecular weight excluding hydrogens is 471 g/mol. The Kier molecular flexibility index (Phi) is 5.68. The van der Waals surface area contributed by atoms with Crippen molar-refractivity contribution in [2.75, 3.05) is 22.7 Å². The van der Waals surface area contributed by atoms with E-state index in [9.17, 15) is 18.3 Å². The SMILES string of the molecule is Cc1cnc2[nH]c(C(=O)O)c(-c3cc(N4CCCC4)ccc3F)c2c1NS(=O)(=O)c1ccccc1. The second-order valence-corrected chi connectivity index (χ2v) is 10.2. The van der Waals surface area contributed by atoms with Gasteiger partial charge in [0.15, 0.2) is 0 Å². The number of pyridine rings is 1. The van der Waals surface area contributed by atoms with Gasteiger partial charge in [0.1, 0.15) is 17.2 Å². The predicted octanol–water partition coefficient (Wildman–Crippen LogP) is 4.78. The van der Waals surface area contributed by atoms with Crippen molar-refractivity contribution in [1.29, 1.82) is 0 Å². The summed E-state index contributed by atoms with van der Waals surface area (Å²) in [6, 6.07) is 12.4. The third-order valence-electron chi connectivity index (χ3n) is 6.21. The van der Waals surface area contributed by atoms with Gasteiger partial charge in [0.2, 0.25) is 0 Å². The first-order valence-corrected chi connectivity index (χ1v) is 12.6. The van der Waals surface area contributed by atoms with Crippen molar-refractivity contribution in [3.8, 4) is 11.1 Å². The van der Waals surface area contributed by atoms with E-state index >= 15 is 4.39 Å². The van der Waals surface area contributed by atoms with E-state index in [1.165, 1.54) is 24.4 Å². The Morgan fingerprint density at radius 3 is 2.54 bits per heavy atom. The molecule has 0 bridgehead atoms. The topological polar surface area (TPSA) is 115 Å². The summed E-state index contributed by atoms with van der Waals surface area (Å²) in [5.74, 6) is -1.92. The van der Waals surface area contributed by atoms with E-state index in [0.29, 0.717) is 5.56 Å². The maximum Gasteiger partial charge on any atom is 0.353 e. The Balaban J connectivity index is 1.76. The lowest BCUT2D eigenvalue weighted by molar-refractivity contribution is 0.0692. The van der Waals surface area contributed by atoms with Crippen LogP contribution in [0.5, 0.6) is 0 Å². The number of sulfonamides is 1. The lowest BCUT2D eigenvalue weighted by atomic mass is 9.99. The van der Waals surface area contributed by atoms with Gasteiger partial charge in [0.25, 0.3) is 10.0 Å². The smallest absolute Gasteiger partial charge is 0.353 e. The van der Waals surface area contributed by atoms with Crippen LogP contribution in [0.2, 0.25) is 0 Å². The van der Waals surface area contributed by atoms with Crippen molar-refractivity contribution in [1.82, 2.24) is 9.97 Å². The van der Waals surface area contributed by atoms with Crippen molar-refractivity contribution < 1.29 is 22.7 Å². The molecule has 1 aliphatic rings. The van der Waals surface area contributed by atoms with Crippen LogP contribution >= 0.6 is 0 Å². The molecule has 1 fully saturated rings. The van der Waals surface area contributed by atoms with Crippen LogP contribution in [0.15, 0.2) is 59.6 Å². The fourth-order valence-electron chi connectivity index (χ4n) is 4.48. The largest absolute Gasteiger partial charge is 0.477 e. The van der Waals surface area contributed by atoms with E-state index in [-0.39, 0.29) is 38.4 Å². The standard InChI is InChI=1S/C25H23FN4O4S/c1-15-14-27-24-21(22(15)29-35(33,34)17-7-3-2-4-8-17)20(23(28-24)25(31)32)18-13-16(9-10-19(18)26)30-11-5-6-12-30/h2-4,7-10,13-14H,5-6,11-12H2,1H3,(H,31,32)(H2,27,28,29). The Morgan fingerprint density at radius 1 is 1.14 bits per heavy atom. The third-order valence-corrected chi connectivity index (χ3v) is 7.57. The summed E-state index contributed by atoms with van der Waals surface area (Å²) in [5, 5.41) is 10.1. The van der Waals surface area contributed by atoms with Gasteiger partial charge in [-0.3, -0.25) is 4.72 Å². The summed E-state index contributed by atoms with van der Waals surface area (Å²) in [4.78, 5) is 21.4. The fraction of sp³-hybridized carbons (Fsp3) is 0.200. The maximum atomic E-state index is 15.2. The average molecular weight is 495 g/mol. The number of hydrogen-bond acceptors (Lipinski definition) is 5.